The third kappa shape index (κ3) is 4.77. The van der Waals surface area contributed by atoms with E-state index in [1.54, 1.807) is 0 Å². The van der Waals surface area contributed by atoms with Crippen LogP contribution < -0.4 is 0 Å². The summed E-state index contributed by atoms with van der Waals surface area (Å²) in [7, 11) is 0. The van der Waals surface area contributed by atoms with Crippen LogP contribution in [0.15, 0.2) is 48.5 Å². The van der Waals surface area contributed by atoms with E-state index in [9.17, 15) is 4.79 Å². The summed E-state index contributed by atoms with van der Waals surface area (Å²) in [6.07, 6.45) is 2.72. The van der Waals surface area contributed by atoms with Gasteiger partial charge in [0.25, 0.3) is 0 Å². The SMILES string of the molecule is O=C(Cc1ccccc1)N1CCCC(CC2OCCO2)(c2ccc(Cl)c(Cl)c2)C1. The molecule has 1 amide bonds. The first-order valence-electron chi connectivity index (χ1n) is 10.1. The van der Waals surface area contributed by atoms with Crippen LogP contribution in [0.2, 0.25) is 10.0 Å². The van der Waals surface area contributed by atoms with Crippen molar-refractivity contribution in [3.8, 4) is 0 Å². The van der Waals surface area contributed by atoms with E-state index in [2.05, 4.69) is 0 Å². The number of carbonyl (C=O) groups is 1. The minimum atomic E-state index is -0.270. The van der Waals surface area contributed by atoms with Crippen molar-refractivity contribution in [2.45, 2.75) is 37.4 Å². The molecule has 0 radical (unpaired) electrons. The van der Waals surface area contributed by atoms with Crippen LogP contribution in [0.5, 0.6) is 0 Å². The van der Waals surface area contributed by atoms with Crippen molar-refractivity contribution in [1.82, 2.24) is 4.90 Å². The smallest absolute Gasteiger partial charge is 0.227 e. The summed E-state index contributed by atoms with van der Waals surface area (Å²) < 4.78 is 11.5. The van der Waals surface area contributed by atoms with Crippen molar-refractivity contribution < 1.29 is 14.3 Å². The minimum Gasteiger partial charge on any atom is -0.350 e. The highest BCUT2D eigenvalue weighted by atomic mass is 35.5. The quantitative estimate of drug-likeness (QED) is 0.675. The normalized spacial score (nSPS) is 22.8. The van der Waals surface area contributed by atoms with Gasteiger partial charge >= 0.3 is 0 Å². The Kier molecular flexibility index (Phi) is 6.45. The van der Waals surface area contributed by atoms with Crippen LogP contribution in [0, 0.1) is 0 Å². The number of hydrogen-bond donors (Lipinski definition) is 0. The molecule has 2 saturated heterocycles. The Morgan fingerprint density at radius 1 is 1.07 bits per heavy atom. The zero-order chi connectivity index (χ0) is 20.3. The lowest BCUT2D eigenvalue weighted by Crippen LogP contribution is -2.50. The fourth-order valence-corrected chi connectivity index (χ4v) is 4.72. The van der Waals surface area contributed by atoms with Crippen LogP contribution >= 0.6 is 23.2 Å². The predicted molar refractivity (Wildman–Crippen MR) is 114 cm³/mol. The van der Waals surface area contributed by atoms with E-state index in [1.165, 1.54) is 0 Å². The molecular weight excluding hydrogens is 409 g/mol. The van der Waals surface area contributed by atoms with Gasteiger partial charge in [-0.1, -0.05) is 59.6 Å². The Labute approximate surface area is 181 Å². The highest BCUT2D eigenvalue weighted by Gasteiger charge is 2.42. The number of halogens is 2. The van der Waals surface area contributed by atoms with Crippen LogP contribution in [0.25, 0.3) is 0 Å². The van der Waals surface area contributed by atoms with Crippen molar-refractivity contribution in [2.24, 2.45) is 0 Å². The number of amides is 1. The molecule has 0 aromatic heterocycles. The van der Waals surface area contributed by atoms with Crippen LogP contribution in [-0.2, 0) is 26.1 Å². The fourth-order valence-electron chi connectivity index (χ4n) is 4.42. The van der Waals surface area contributed by atoms with Crippen molar-refractivity contribution in [3.63, 3.8) is 0 Å². The number of benzene rings is 2. The van der Waals surface area contributed by atoms with E-state index in [-0.39, 0.29) is 17.6 Å². The van der Waals surface area contributed by atoms with E-state index in [4.69, 9.17) is 32.7 Å². The van der Waals surface area contributed by atoms with E-state index < -0.39 is 0 Å². The van der Waals surface area contributed by atoms with Gasteiger partial charge in [0.05, 0.1) is 29.7 Å². The summed E-state index contributed by atoms with van der Waals surface area (Å²) in [6.45, 7) is 2.61. The average molecular weight is 434 g/mol. The number of hydrogen-bond acceptors (Lipinski definition) is 3. The van der Waals surface area contributed by atoms with Crippen LogP contribution in [0.3, 0.4) is 0 Å². The second-order valence-electron chi connectivity index (χ2n) is 7.87. The minimum absolute atomic E-state index is 0.147. The zero-order valence-corrected chi connectivity index (χ0v) is 17.8. The van der Waals surface area contributed by atoms with Crippen LogP contribution in [-0.4, -0.2) is 43.4 Å². The molecule has 2 aromatic rings. The summed E-state index contributed by atoms with van der Waals surface area (Å²) in [5.41, 5.74) is 1.85. The van der Waals surface area contributed by atoms with Gasteiger partial charge in [-0.25, -0.2) is 0 Å². The highest BCUT2D eigenvalue weighted by Crippen LogP contribution is 2.41. The Balaban J connectivity index is 1.59. The molecular formula is C23H25Cl2NO3. The van der Waals surface area contributed by atoms with Gasteiger partial charge in [0.2, 0.25) is 5.91 Å². The first-order chi connectivity index (χ1) is 14.1. The Morgan fingerprint density at radius 2 is 1.83 bits per heavy atom. The van der Waals surface area contributed by atoms with Crippen LogP contribution in [0.4, 0.5) is 0 Å². The summed E-state index contributed by atoms with van der Waals surface area (Å²) in [5, 5.41) is 1.07. The molecule has 2 heterocycles. The molecule has 1 unspecified atom stereocenters. The molecule has 6 heteroatoms. The molecule has 0 saturated carbocycles. The number of nitrogens with zero attached hydrogens (tertiary/aromatic N) is 1. The molecule has 0 bridgehead atoms. The first-order valence-corrected chi connectivity index (χ1v) is 10.8. The van der Waals surface area contributed by atoms with E-state index in [0.717, 1.165) is 30.5 Å². The number of carbonyl (C=O) groups excluding carboxylic acids is 1. The molecule has 4 nitrogen and oxygen atoms in total. The summed E-state index contributed by atoms with van der Waals surface area (Å²) in [5.74, 6) is 0.147. The van der Waals surface area contributed by atoms with Crippen molar-refractivity contribution in [1.29, 1.82) is 0 Å². The van der Waals surface area contributed by atoms with Gasteiger partial charge in [0.15, 0.2) is 6.29 Å². The molecule has 2 aromatic carbocycles. The molecule has 2 aliphatic rings. The Hall–Kier alpha value is -1.59. The summed E-state index contributed by atoms with van der Waals surface area (Å²) in [4.78, 5) is 15.0. The largest absolute Gasteiger partial charge is 0.350 e. The van der Waals surface area contributed by atoms with Gasteiger partial charge in [-0.2, -0.15) is 0 Å². The zero-order valence-electron chi connectivity index (χ0n) is 16.3. The third-order valence-corrected chi connectivity index (χ3v) is 6.65. The van der Waals surface area contributed by atoms with Gasteiger partial charge in [0.1, 0.15) is 0 Å². The molecule has 0 spiro atoms. The van der Waals surface area contributed by atoms with Gasteiger partial charge in [-0.05, 0) is 36.1 Å². The van der Waals surface area contributed by atoms with Gasteiger partial charge < -0.3 is 14.4 Å². The standard InChI is InChI=1S/C23H25Cl2NO3/c24-19-8-7-18(14-20(19)25)23(15-22-28-11-12-29-22)9-4-10-26(16-23)21(27)13-17-5-2-1-3-6-17/h1-3,5-8,14,22H,4,9-13,15-16H2. The van der Waals surface area contributed by atoms with Gasteiger partial charge in [0, 0.05) is 24.9 Å². The average Bonchev–Trinajstić information content (AvgIpc) is 3.23. The van der Waals surface area contributed by atoms with Gasteiger partial charge in [-0.3, -0.25) is 4.79 Å². The number of piperidine rings is 1. The maximum absolute atomic E-state index is 13.1. The topological polar surface area (TPSA) is 38.8 Å². The summed E-state index contributed by atoms with van der Waals surface area (Å²) >= 11 is 12.5. The molecule has 1 atom stereocenters. The molecule has 154 valence electrons. The molecule has 2 fully saturated rings. The Morgan fingerprint density at radius 3 is 2.55 bits per heavy atom. The Bertz CT molecular complexity index is 854. The van der Waals surface area contributed by atoms with E-state index >= 15 is 0 Å². The predicted octanol–water partition coefficient (Wildman–Crippen LogP) is 4.86. The van der Waals surface area contributed by atoms with E-state index in [0.29, 0.717) is 42.6 Å². The molecule has 2 aliphatic heterocycles. The summed E-state index contributed by atoms with van der Waals surface area (Å²) in [6, 6.07) is 15.7. The number of ether oxygens (including phenoxy) is 2. The van der Waals surface area contributed by atoms with E-state index in [1.807, 2.05) is 53.4 Å². The third-order valence-electron chi connectivity index (χ3n) is 5.91. The van der Waals surface area contributed by atoms with Crippen molar-refractivity contribution >= 4 is 29.1 Å². The van der Waals surface area contributed by atoms with Crippen molar-refractivity contribution in [2.75, 3.05) is 26.3 Å². The number of likely N-dealkylation sites (tertiary alicyclic amines) is 1. The molecule has 0 N–H and O–H groups in total. The lowest BCUT2D eigenvalue weighted by Gasteiger charge is -2.44. The highest BCUT2D eigenvalue weighted by molar-refractivity contribution is 6.42. The molecule has 4 rings (SSSR count). The van der Waals surface area contributed by atoms with Gasteiger partial charge in [-0.15, -0.1) is 0 Å². The lowest BCUT2D eigenvalue weighted by atomic mass is 9.71. The molecule has 0 aliphatic carbocycles. The first kappa shape index (κ1) is 20.7. The second kappa shape index (κ2) is 9.05. The monoisotopic (exact) mass is 433 g/mol. The number of rotatable bonds is 5. The lowest BCUT2D eigenvalue weighted by molar-refractivity contribution is -0.134. The maximum atomic E-state index is 13.1. The van der Waals surface area contributed by atoms with Crippen LogP contribution in [0.1, 0.15) is 30.4 Å². The second-order valence-corrected chi connectivity index (χ2v) is 8.68. The maximum Gasteiger partial charge on any atom is 0.227 e. The van der Waals surface area contributed by atoms with Crippen molar-refractivity contribution in [3.05, 3.63) is 69.7 Å². The molecule has 29 heavy (non-hydrogen) atoms. The fraction of sp³-hybridized carbons (Fsp3) is 0.435.